The summed E-state index contributed by atoms with van der Waals surface area (Å²) >= 11 is 12.2. The fourth-order valence-electron chi connectivity index (χ4n) is 4.18. The first-order valence-corrected chi connectivity index (χ1v) is 13.4. The van der Waals surface area contributed by atoms with E-state index in [0.29, 0.717) is 28.9 Å². The number of halogens is 3. The zero-order valence-corrected chi connectivity index (χ0v) is 20.4. The fraction of sp³-hybridized carbons (Fsp3) is 0.435. The topological polar surface area (TPSA) is 75.7 Å². The van der Waals surface area contributed by atoms with Crippen molar-refractivity contribution >= 4 is 39.1 Å². The van der Waals surface area contributed by atoms with Crippen LogP contribution in [0.25, 0.3) is 0 Å². The third kappa shape index (κ3) is 6.59. The normalized spacial score (nSPS) is 19.3. The van der Waals surface area contributed by atoms with E-state index in [9.17, 15) is 17.6 Å². The predicted molar refractivity (Wildman–Crippen MR) is 126 cm³/mol. The van der Waals surface area contributed by atoms with Gasteiger partial charge in [0.1, 0.15) is 17.7 Å². The van der Waals surface area contributed by atoms with E-state index in [2.05, 4.69) is 4.90 Å². The van der Waals surface area contributed by atoms with E-state index in [1.165, 1.54) is 12.1 Å². The van der Waals surface area contributed by atoms with Gasteiger partial charge in [-0.15, -0.1) is 0 Å². The zero-order chi connectivity index (χ0) is 23.8. The molecule has 1 amide bonds. The van der Waals surface area contributed by atoms with E-state index in [0.717, 1.165) is 49.6 Å². The van der Waals surface area contributed by atoms with Gasteiger partial charge in [0, 0.05) is 29.2 Å². The number of carbonyl (C=O) groups is 1. The molecule has 2 aromatic carbocycles. The van der Waals surface area contributed by atoms with E-state index in [4.69, 9.17) is 27.9 Å². The first kappa shape index (κ1) is 24.3. The number of likely N-dealkylation sites (tertiary alicyclic amines) is 1. The number of piperidine rings is 1. The van der Waals surface area contributed by atoms with Gasteiger partial charge in [-0.2, -0.15) is 0 Å². The first-order chi connectivity index (χ1) is 15.6. The summed E-state index contributed by atoms with van der Waals surface area (Å²) in [5.41, 5.74) is 1.46. The van der Waals surface area contributed by atoms with Gasteiger partial charge < -0.3 is 4.74 Å². The average molecular weight is 515 g/mol. The summed E-state index contributed by atoms with van der Waals surface area (Å²) in [7, 11) is -3.80. The third-order valence-corrected chi connectivity index (χ3v) is 6.72. The van der Waals surface area contributed by atoms with Crippen LogP contribution in [0.4, 0.5) is 4.39 Å². The molecule has 1 atom stereocenters. The first-order valence-electron chi connectivity index (χ1n) is 10.8. The second kappa shape index (κ2) is 9.78. The molecule has 1 N–H and O–H groups in total. The number of nitrogens with one attached hydrogen (secondary N) is 1. The number of carbonyl (C=O) groups excluding carboxylic acids is 1. The Kier molecular flexibility index (Phi) is 7.19. The van der Waals surface area contributed by atoms with Crippen molar-refractivity contribution < 1.29 is 22.3 Å². The minimum Gasteiger partial charge on any atom is -0.489 e. The second-order valence-corrected chi connectivity index (χ2v) is 11.4. The van der Waals surface area contributed by atoms with Crippen LogP contribution in [-0.4, -0.2) is 44.7 Å². The Morgan fingerprint density at radius 3 is 2.48 bits per heavy atom. The highest BCUT2D eigenvalue weighted by atomic mass is 35.5. The number of ether oxygens (including phenoxy) is 1. The van der Waals surface area contributed by atoms with Gasteiger partial charge in [-0.1, -0.05) is 23.2 Å². The summed E-state index contributed by atoms with van der Waals surface area (Å²) in [6.45, 7) is 2.24. The largest absolute Gasteiger partial charge is 0.489 e. The lowest BCUT2D eigenvalue weighted by Crippen LogP contribution is -2.40. The van der Waals surface area contributed by atoms with Gasteiger partial charge in [-0.25, -0.2) is 17.5 Å². The van der Waals surface area contributed by atoms with Gasteiger partial charge >= 0.3 is 0 Å². The van der Waals surface area contributed by atoms with Crippen LogP contribution in [-0.2, 0) is 16.6 Å². The molecule has 0 radical (unpaired) electrons. The molecule has 0 spiro atoms. The molecular formula is C23H25Cl2FN2O4S. The molecule has 1 saturated heterocycles. The zero-order valence-electron chi connectivity index (χ0n) is 18.1. The van der Waals surface area contributed by atoms with Crippen LogP contribution < -0.4 is 9.46 Å². The lowest BCUT2D eigenvalue weighted by molar-refractivity contribution is 0.0832. The molecule has 1 aliphatic heterocycles. The van der Waals surface area contributed by atoms with Crippen molar-refractivity contribution in [1.82, 2.24) is 9.62 Å². The molecule has 33 heavy (non-hydrogen) atoms. The molecule has 0 aromatic heterocycles. The second-order valence-electron chi connectivity index (χ2n) is 8.74. The molecule has 2 fully saturated rings. The number of rotatable bonds is 7. The highest BCUT2D eigenvalue weighted by molar-refractivity contribution is 7.89. The highest BCUT2D eigenvalue weighted by Gasteiger charge is 2.31. The smallest absolute Gasteiger partial charge is 0.267 e. The van der Waals surface area contributed by atoms with Crippen LogP contribution in [0, 0.1) is 5.82 Å². The van der Waals surface area contributed by atoms with Crippen LogP contribution in [0.3, 0.4) is 0 Å². The van der Waals surface area contributed by atoms with E-state index >= 15 is 0 Å². The van der Waals surface area contributed by atoms with Crippen molar-refractivity contribution in [1.29, 1.82) is 0 Å². The summed E-state index contributed by atoms with van der Waals surface area (Å²) in [5, 5.41) is 1.18. The molecule has 2 aliphatic rings. The standard InChI is InChI=1S/C23H25Cl2FN2O4S/c1-33(30,31)27-23(29)20-10-19(15-4-5-15)22(11-21(20)26)32-18-3-2-6-28(13-18)12-14-7-16(24)9-17(25)8-14/h7-11,15,18H,2-6,12-13H2,1H3,(H,27,29)/t18-/m1/s1. The number of amides is 1. The van der Waals surface area contributed by atoms with Crippen molar-refractivity contribution in [3.05, 3.63) is 62.9 Å². The van der Waals surface area contributed by atoms with Gasteiger partial charge in [0.2, 0.25) is 10.0 Å². The molecule has 2 aromatic rings. The lowest BCUT2D eigenvalue weighted by atomic mass is 10.0. The van der Waals surface area contributed by atoms with E-state index in [1.807, 2.05) is 16.9 Å². The number of nitrogens with zero attached hydrogens (tertiary/aromatic N) is 1. The average Bonchev–Trinajstić information content (AvgIpc) is 3.51. The van der Waals surface area contributed by atoms with Crippen LogP contribution in [0.15, 0.2) is 30.3 Å². The number of sulfonamides is 1. The van der Waals surface area contributed by atoms with E-state index < -0.39 is 21.7 Å². The van der Waals surface area contributed by atoms with Gasteiger partial charge in [-0.3, -0.25) is 9.69 Å². The summed E-state index contributed by atoms with van der Waals surface area (Å²) < 4.78 is 45.6. The monoisotopic (exact) mass is 514 g/mol. The third-order valence-electron chi connectivity index (χ3n) is 5.72. The van der Waals surface area contributed by atoms with Crippen LogP contribution in [0.2, 0.25) is 10.0 Å². The predicted octanol–water partition coefficient (Wildman–Crippen LogP) is 4.74. The molecule has 6 nitrogen and oxygen atoms in total. The Morgan fingerprint density at radius 1 is 1.15 bits per heavy atom. The molecule has 0 unspecified atom stereocenters. The van der Waals surface area contributed by atoms with Crippen LogP contribution in [0.1, 0.15) is 53.1 Å². The SMILES string of the molecule is CS(=O)(=O)NC(=O)c1cc(C2CC2)c(O[C@@H]2CCCN(Cc3cc(Cl)cc(Cl)c3)C2)cc1F. The van der Waals surface area contributed by atoms with Crippen molar-refractivity contribution in [2.45, 2.75) is 44.2 Å². The molecule has 4 rings (SSSR count). The van der Waals surface area contributed by atoms with Crippen molar-refractivity contribution in [2.24, 2.45) is 0 Å². The molecule has 1 aliphatic carbocycles. The molecule has 1 saturated carbocycles. The van der Waals surface area contributed by atoms with Gasteiger partial charge in [0.25, 0.3) is 5.91 Å². The number of benzene rings is 2. The summed E-state index contributed by atoms with van der Waals surface area (Å²) in [6.07, 6.45) is 4.31. The van der Waals surface area contributed by atoms with E-state index in [-0.39, 0.29) is 17.6 Å². The Labute approximate surface area is 203 Å². The van der Waals surface area contributed by atoms with Crippen molar-refractivity contribution in [3.63, 3.8) is 0 Å². The maximum atomic E-state index is 14.8. The molecule has 178 valence electrons. The molecule has 10 heteroatoms. The minimum absolute atomic E-state index is 0.138. The quantitative estimate of drug-likeness (QED) is 0.577. The molecule has 0 bridgehead atoms. The van der Waals surface area contributed by atoms with Gasteiger partial charge in [0.05, 0.1) is 11.8 Å². The Balaban J connectivity index is 1.49. The summed E-state index contributed by atoms with van der Waals surface area (Å²) in [4.78, 5) is 14.5. The van der Waals surface area contributed by atoms with Crippen LogP contribution in [0.5, 0.6) is 5.75 Å². The summed E-state index contributed by atoms with van der Waals surface area (Å²) in [6, 6.07) is 8.11. The molecule has 1 heterocycles. The number of hydrogen-bond donors (Lipinski definition) is 1. The van der Waals surface area contributed by atoms with Gasteiger partial charge in [0.15, 0.2) is 0 Å². The van der Waals surface area contributed by atoms with Gasteiger partial charge in [-0.05, 0) is 73.5 Å². The highest BCUT2D eigenvalue weighted by Crippen LogP contribution is 2.45. The van der Waals surface area contributed by atoms with E-state index in [1.54, 1.807) is 6.07 Å². The lowest BCUT2D eigenvalue weighted by Gasteiger charge is -2.33. The maximum Gasteiger partial charge on any atom is 0.267 e. The van der Waals surface area contributed by atoms with Crippen molar-refractivity contribution in [3.8, 4) is 5.75 Å². The Hall–Kier alpha value is -1.87. The fourth-order valence-corrected chi connectivity index (χ4v) is 5.20. The maximum absolute atomic E-state index is 14.8. The Bertz CT molecular complexity index is 1150. The van der Waals surface area contributed by atoms with Crippen LogP contribution >= 0.6 is 23.2 Å². The summed E-state index contributed by atoms with van der Waals surface area (Å²) in [5.74, 6) is -1.19. The minimum atomic E-state index is -3.80. The molecular weight excluding hydrogens is 490 g/mol. The Morgan fingerprint density at radius 2 is 1.85 bits per heavy atom. The number of hydrogen-bond acceptors (Lipinski definition) is 5. The van der Waals surface area contributed by atoms with Crippen molar-refractivity contribution in [2.75, 3.05) is 19.3 Å².